The lowest BCUT2D eigenvalue weighted by Gasteiger charge is -2.48. The summed E-state index contributed by atoms with van der Waals surface area (Å²) in [6.07, 6.45) is 4.55. The summed E-state index contributed by atoms with van der Waals surface area (Å²) in [6.45, 7) is 17.1. The Bertz CT molecular complexity index is 951. The van der Waals surface area contributed by atoms with Crippen LogP contribution in [0.25, 0.3) is 5.57 Å². The van der Waals surface area contributed by atoms with Crippen LogP contribution in [-0.2, 0) is 4.79 Å². The molecule has 166 valence electrons. The van der Waals surface area contributed by atoms with E-state index in [0.29, 0.717) is 5.56 Å². The molecular weight excluding hydrogens is 389 g/mol. The first-order valence-corrected chi connectivity index (χ1v) is 11.0. The largest absolute Gasteiger partial charge is 0.374 e. The zero-order valence-corrected chi connectivity index (χ0v) is 19.4. The molecule has 5 heteroatoms. The lowest BCUT2D eigenvalue weighted by atomic mass is 9.78. The number of benzene rings is 1. The Morgan fingerprint density at radius 2 is 1.84 bits per heavy atom. The summed E-state index contributed by atoms with van der Waals surface area (Å²) in [4.78, 5) is 21.1. The van der Waals surface area contributed by atoms with E-state index >= 15 is 0 Å². The van der Waals surface area contributed by atoms with Crippen LogP contribution in [0.3, 0.4) is 0 Å². The molecule has 0 saturated carbocycles. The molecule has 0 atom stereocenters. The van der Waals surface area contributed by atoms with Crippen molar-refractivity contribution in [3.8, 4) is 0 Å². The van der Waals surface area contributed by atoms with Gasteiger partial charge in [-0.25, -0.2) is 4.39 Å². The van der Waals surface area contributed by atoms with Gasteiger partial charge in [-0.2, -0.15) is 0 Å². The van der Waals surface area contributed by atoms with Crippen molar-refractivity contribution in [2.45, 2.75) is 41.0 Å². The van der Waals surface area contributed by atoms with Gasteiger partial charge in [-0.15, -0.1) is 0 Å². The van der Waals surface area contributed by atoms with Crippen LogP contribution in [0.5, 0.6) is 0 Å². The minimum absolute atomic E-state index is 0.0406. The van der Waals surface area contributed by atoms with Gasteiger partial charge in [0.2, 0.25) is 5.91 Å². The van der Waals surface area contributed by atoms with E-state index in [1.54, 1.807) is 6.07 Å². The number of carbonyl (C=O) groups excluding carboxylic acids is 1. The van der Waals surface area contributed by atoms with Crippen molar-refractivity contribution in [2.24, 2.45) is 16.3 Å². The molecule has 1 aromatic rings. The number of aliphatic imine (C=N–C) groups is 1. The van der Waals surface area contributed by atoms with Crippen molar-refractivity contribution in [3.63, 3.8) is 0 Å². The highest BCUT2D eigenvalue weighted by molar-refractivity contribution is 6.12. The third-order valence-electron chi connectivity index (χ3n) is 6.50. The Morgan fingerprint density at radius 3 is 2.42 bits per heavy atom. The van der Waals surface area contributed by atoms with Crippen LogP contribution >= 0.6 is 0 Å². The van der Waals surface area contributed by atoms with Crippen molar-refractivity contribution in [3.05, 3.63) is 65.8 Å². The minimum Gasteiger partial charge on any atom is -0.374 e. The second-order valence-electron chi connectivity index (χ2n) is 9.06. The van der Waals surface area contributed by atoms with Gasteiger partial charge in [-0.05, 0) is 38.8 Å². The number of rotatable bonds is 6. The Kier molecular flexibility index (Phi) is 6.83. The standard InChI is InChI=1S/C26H34FN3O/c1-7-21(22-11-9-10-12-23(22)27)24(19(5)28-8-2)20(6)29-14-13-26(15-29)16-30(17-26)25(31)18(3)4/h7-12,18H,2,13-17H2,1,3-6H3/b21-7-,24-20-,28-19?. The number of hydrogen-bond donors (Lipinski definition) is 0. The number of likely N-dealkylation sites (tertiary alicyclic amines) is 2. The van der Waals surface area contributed by atoms with E-state index in [4.69, 9.17) is 0 Å². The highest BCUT2D eigenvalue weighted by Crippen LogP contribution is 2.42. The van der Waals surface area contributed by atoms with Gasteiger partial charge in [-0.1, -0.05) is 44.7 Å². The van der Waals surface area contributed by atoms with Gasteiger partial charge in [0.1, 0.15) is 5.82 Å². The van der Waals surface area contributed by atoms with Crippen LogP contribution in [0.4, 0.5) is 4.39 Å². The molecule has 2 heterocycles. The predicted octanol–water partition coefficient (Wildman–Crippen LogP) is 5.30. The summed E-state index contributed by atoms with van der Waals surface area (Å²) in [5.74, 6) is 0.0349. The van der Waals surface area contributed by atoms with Gasteiger partial charge in [-0.3, -0.25) is 9.79 Å². The molecule has 1 aromatic carbocycles. The molecule has 0 radical (unpaired) electrons. The Morgan fingerprint density at radius 1 is 1.19 bits per heavy atom. The van der Waals surface area contributed by atoms with Crippen LogP contribution < -0.4 is 0 Å². The maximum Gasteiger partial charge on any atom is 0.225 e. The molecule has 2 saturated heterocycles. The van der Waals surface area contributed by atoms with Crippen molar-refractivity contribution in [2.75, 3.05) is 26.2 Å². The molecule has 0 N–H and O–H groups in total. The summed E-state index contributed by atoms with van der Waals surface area (Å²) in [5.41, 5.74) is 4.42. The van der Waals surface area contributed by atoms with Gasteiger partial charge < -0.3 is 9.80 Å². The topological polar surface area (TPSA) is 35.9 Å². The molecule has 1 spiro atoms. The van der Waals surface area contributed by atoms with Crippen LogP contribution in [0.2, 0.25) is 0 Å². The number of carbonyl (C=O) groups is 1. The van der Waals surface area contributed by atoms with E-state index in [0.717, 1.165) is 55.2 Å². The molecule has 31 heavy (non-hydrogen) atoms. The summed E-state index contributed by atoms with van der Waals surface area (Å²) >= 11 is 0. The van der Waals surface area contributed by atoms with Gasteiger partial charge in [0.25, 0.3) is 0 Å². The first-order valence-electron chi connectivity index (χ1n) is 11.0. The quantitative estimate of drug-likeness (QED) is 0.460. The van der Waals surface area contributed by atoms with Crippen LogP contribution in [0, 0.1) is 17.2 Å². The summed E-state index contributed by atoms with van der Waals surface area (Å²) in [7, 11) is 0. The van der Waals surface area contributed by atoms with Gasteiger partial charge >= 0.3 is 0 Å². The molecule has 2 aliphatic heterocycles. The Labute approximate surface area is 185 Å². The smallest absolute Gasteiger partial charge is 0.225 e. The zero-order valence-electron chi connectivity index (χ0n) is 19.4. The SMILES string of the molecule is C=CN=C(C)C(/C(=C\C)c1ccccc1F)=C(\C)N1CCC2(CN(C(=O)C(C)C)C2)C1. The van der Waals surface area contributed by atoms with Crippen molar-refractivity contribution in [1.29, 1.82) is 0 Å². The molecule has 3 rings (SSSR count). The van der Waals surface area contributed by atoms with E-state index in [1.807, 2.05) is 50.8 Å². The highest BCUT2D eigenvalue weighted by atomic mass is 19.1. The number of halogens is 1. The number of allylic oxidation sites excluding steroid dienone is 4. The highest BCUT2D eigenvalue weighted by Gasteiger charge is 2.49. The summed E-state index contributed by atoms with van der Waals surface area (Å²) < 4.78 is 14.7. The number of hydrogen-bond acceptors (Lipinski definition) is 3. The minimum atomic E-state index is -0.243. The monoisotopic (exact) mass is 423 g/mol. The maximum atomic E-state index is 14.7. The number of nitrogens with zero attached hydrogens (tertiary/aromatic N) is 3. The third kappa shape index (κ3) is 4.51. The van der Waals surface area contributed by atoms with Gasteiger partial charge in [0, 0.05) is 66.3 Å². The van der Waals surface area contributed by atoms with Crippen LogP contribution in [0.15, 0.2) is 59.4 Å². The normalized spacial score (nSPS) is 19.6. The average Bonchev–Trinajstić information content (AvgIpc) is 3.16. The van der Waals surface area contributed by atoms with E-state index in [-0.39, 0.29) is 23.1 Å². The third-order valence-corrected chi connectivity index (χ3v) is 6.50. The van der Waals surface area contributed by atoms with E-state index in [9.17, 15) is 9.18 Å². The van der Waals surface area contributed by atoms with Gasteiger partial charge in [0.15, 0.2) is 0 Å². The first kappa shape index (κ1) is 23.0. The Balaban J connectivity index is 1.92. The zero-order chi connectivity index (χ0) is 22.8. The molecule has 0 unspecified atom stereocenters. The fourth-order valence-electron chi connectivity index (χ4n) is 4.89. The molecule has 4 nitrogen and oxygen atoms in total. The van der Waals surface area contributed by atoms with Crippen LogP contribution in [0.1, 0.15) is 46.6 Å². The molecular formula is C26H34FN3O. The molecule has 0 bridgehead atoms. The molecule has 0 aromatic heterocycles. The van der Waals surface area contributed by atoms with Gasteiger partial charge in [0.05, 0.1) is 0 Å². The van der Waals surface area contributed by atoms with Crippen molar-refractivity contribution in [1.82, 2.24) is 9.80 Å². The van der Waals surface area contributed by atoms with Crippen LogP contribution in [-0.4, -0.2) is 47.6 Å². The molecule has 1 amide bonds. The summed E-state index contributed by atoms with van der Waals surface area (Å²) in [6, 6.07) is 6.86. The van der Waals surface area contributed by atoms with E-state index in [1.165, 1.54) is 12.3 Å². The van der Waals surface area contributed by atoms with Crippen molar-refractivity contribution < 1.29 is 9.18 Å². The maximum absolute atomic E-state index is 14.7. The lowest BCUT2D eigenvalue weighted by molar-refractivity contribution is -0.146. The van der Waals surface area contributed by atoms with E-state index < -0.39 is 0 Å². The average molecular weight is 424 g/mol. The predicted molar refractivity (Wildman–Crippen MR) is 126 cm³/mol. The second kappa shape index (κ2) is 9.21. The van der Waals surface area contributed by atoms with E-state index in [2.05, 4.69) is 23.4 Å². The second-order valence-corrected chi connectivity index (χ2v) is 9.06. The van der Waals surface area contributed by atoms with Crippen molar-refractivity contribution >= 4 is 17.2 Å². The fourth-order valence-corrected chi connectivity index (χ4v) is 4.89. The summed E-state index contributed by atoms with van der Waals surface area (Å²) in [5, 5.41) is 0. The number of amides is 1. The Hall–Kier alpha value is -2.69. The lowest BCUT2D eigenvalue weighted by Crippen LogP contribution is -2.60. The molecule has 2 fully saturated rings. The fraction of sp³-hybridized carbons (Fsp3) is 0.462. The molecule has 2 aliphatic rings. The first-order chi connectivity index (χ1) is 14.7. The molecule has 0 aliphatic carbocycles.